The van der Waals surface area contributed by atoms with Crippen LogP contribution in [0.2, 0.25) is 0 Å². The number of sulfonamides is 1. The fourth-order valence-electron chi connectivity index (χ4n) is 3.94. The molecule has 0 aromatic heterocycles. The molecule has 1 saturated heterocycles. The zero-order chi connectivity index (χ0) is 24.0. The van der Waals surface area contributed by atoms with Gasteiger partial charge in [0, 0.05) is 23.7 Å². The molecule has 34 heavy (non-hydrogen) atoms. The summed E-state index contributed by atoms with van der Waals surface area (Å²) in [5.74, 6) is 0.0355. The monoisotopic (exact) mass is 496 g/mol. The third-order valence-electron chi connectivity index (χ3n) is 5.70. The van der Waals surface area contributed by atoms with Crippen LogP contribution in [0.5, 0.6) is 5.75 Å². The predicted octanol–water partition coefficient (Wildman–Crippen LogP) is 5.34. The number of nitrogens with zero attached hydrogens (tertiary/aromatic N) is 1. The lowest BCUT2D eigenvalue weighted by molar-refractivity contribution is -0.115. The molecule has 1 N–H and O–H groups in total. The molecule has 0 spiro atoms. The minimum Gasteiger partial charge on any atom is -0.495 e. The molecule has 1 aliphatic heterocycles. The Bertz CT molecular complexity index is 1210. The van der Waals surface area contributed by atoms with Crippen LogP contribution in [0.4, 0.5) is 5.69 Å². The van der Waals surface area contributed by atoms with E-state index < -0.39 is 15.3 Å². The first-order chi connectivity index (χ1) is 16.5. The predicted molar refractivity (Wildman–Crippen MR) is 136 cm³/mol. The Balaban J connectivity index is 1.62. The molecule has 3 aromatic carbocycles. The molecule has 1 heterocycles. The minimum atomic E-state index is -3.73. The van der Waals surface area contributed by atoms with Gasteiger partial charge in [-0.05, 0) is 48.7 Å². The van der Waals surface area contributed by atoms with Crippen LogP contribution in [0.1, 0.15) is 30.1 Å². The molecule has 1 amide bonds. The fraction of sp³-hybridized carbons (Fsp3) is 0.269. The van der Waals surface area contributed by atoms with E-state index in [1.165, 1.54) is 29.2 Å². The summed E-state index contributed by atoms with van der Waals surface area (Å²) < 4.78 is 33.5. The molecule has 3 aromatic rings. The third-order valence-corrected chi connectivity index (χ3v) is 8.89. The molecule has 1 aliphatic rings. The van der Waals surface area contributed by atoms with Gasteiger partial charge in [0.05, 0.1) is 7.11 Å². The van der Waals surface area contributed by atoms with Gasteiger partial charge in [0.15, 0.2) is 0 Å². The highest BCUT2D eigenvalue weighted by Gasteiger charge is 2.30. The van der Waals surface area contributed by atoms with Crippen LogP contribution in [0.25, 0.3) is 0 Å². The molecule has 1 fully saturated rings. The van der Waals surface area contributed by atoms with E-state index in [4.69, 9.17) is 4.74 Å². The van der Waals surface area contributed by atoms with E-state index in [9.17, 15) is 13.2 Å². The van der Waals surface area contributed by atoms with Gasteiger partial charge in [0.1, 0.15) is 15.9 Å². The third kappa shape index (κ3) is 5.63. The molecule has 0 bridgehead atoms. The van der Waals surface area contributed by atoms with E-state index in [2.05, 4.69) is 5.32 Å². The van der Waals surface area contributed by atoms with Crippen molar-refractivity contribution in [3.8, 4) is 5.75 Å². The zero-order valence-electron chi connectivity index (χ0n) is 19.0. The summed E-state index contributed by atoms with van der Waals surface area (Å²) in [5.41, 5.74) is 1.28. The quantitative estimate of drug-likeness (QED) is 0.426. The van der Waals surface area contributed by atoms with Gasteiger partial charge in [0.2, 0.25) is 15.9 Å². The molecule has 1 atom stereocenters. The first kappa shape index (κ1) is 24.3. The largest absolute Gasteiger partial charge is 0.495 e. The summed E-state index contributed by atoms with van der Waals surface area (Å²) in [6.45, 7) is 0.984. The van der Waals surface area contributed by atoms with Crippen LogP contribution in [-0.2, 0) is 14.8 Å². The number of hydrogen-bond donors (Lipinski definition) is 1. The smallest absolute Gasteiger partial charge is 0.246 e. The van der Waals surface area contributed by atoms with E-state index in [1.54, 1.807) is 12.1 Å². The lowest BCUT2D eigenvalue weighted by Gasteiger charge is -2.26. The molecule has 0 radical (unpaired) electrons. The number of methoxy groups -OCH3 is 1. The van der Waals surface area contributed by atoms with Crippen LogP contribution in [0, 0.1) is 0 Å². The maximum atomic E-state index is 13.4. The van der Waals surface area contributed by atoms with E-state index in [0.29, 0.717) is 18.8 Å². The first-order valence-electron chi connectivity index (χ1n) is 11.2. The molecule has 4 rings (SSSR count). The molecule has 0 saturated carbocycles. The highest BCUT2D eigenvalue weighted by Crippen LogP contribution is 2.37. The second-order valence-corrected chi connectivity index (χ2v) is 11.1. The van der Waals surface area contributed by atoms with Crippen molar-refractivity contribution in [2.45, 2.75) is 34.3 Å². The average Bonchev–Trinajstić information content (AvgIpc) is 2.89. The number of ether oxygens (including phenoxy) is 1. The minimum absolute atomic E-state index is 0.0710. The molecule has 1 unspecified atom stereocenters. The number of benzene rings is 3. The molecule has 0 aliphatic carbocycles. The fourth-order valence-corrected chi connectivity index (χ4v) is 6.69. The molecule has 178 valence electrons. The standard InChI is InChI=1S/C26H28N2O4S2/c1-32-23-16-15-21(19-24(23)34(30,31)28-17-9-4-10-18-28)27-26(29)25(20-11-5-2-6-12-20)33-22-13-7-3-8-14-22/h2-3,5-8,11-16,19,25H,4,9-10,17-18H2,1H3,(H,27,29). The van der Waals surface area contributed by atoms with Gasteiger partial charge in [-0.25, -0.2) is 8.42 Å². The van der Waals surface area contributed by atoms with E-state index in [0.717, 1.165) is 29.7 Å². The van der Waals surface area contributed by atoms with Gasteiger partial charge in [-0.3, -0.25) is 4.79 Å². The number of nitrogens with one attached hydrogen (secondary N) is 1. The van der Waals surface area contributed by atoms with Gasteiger partial charge >= 0.3 is 0 Å². The normalized spacial score (nSPS) is 15.4. The summed E-state index contributed by atoms with van der Waals surface area (Å²) >= 11 is 1.45. The van der Waals surface area contributed by atoms with Crippen molar-refractivity contribution in [2.24, 2.45) is 0 Å². The summed E-state index contributed by atoms with van der Waals surface area (Å²) in [6.07, 6.45) is 2.71. The lowest BCUT2D eigenvalue weighted by atomic mass is 10.1. The Morgan fingerprint density at radius 2 is 1.59 bits per heavy atom. The lowest BCUT2D eigenvalue weighted by Crippen LogP contribution is -2.35. The number of hydrogen-bond acceptors (Lipinski definition) is 5. The van der Waals surface area contributed by atoms with Gasteiger partial charge in [-0.2, -0.15) is 4.31 Å². The van der Waals surface area contributed by atoms with Crippen LogP contribution < -0.4 is 10.1 Å². The molecule has 6 nitrogen and oxygen atoms in total. The maximum Gasteiger partial charge on any atom is 0.246 e. The van der Waals surface area contributed by atoms with Crippen LogP contribution in [-0.4, -0.2) is 38.8 Å². The topological polar surface area (TPSA) is 75.7 Å². The summed E-state index contributed by atoms with van der Waals surface area (Å²) in [7, 11) is -2.28. The number of rotatable bonds is 8. The van der Waals surface area contributed by atoms with Gasteiger partial charge < -0.3 is 10.1 Å². The van der Waals surface area contributed by atoms with Gasteiger partial charge in [-0.1, -0.05) is 55.0 Å². The van der Waals surface area contributed by atoms with Crippen molar-refractivity contribution in [2.75, 3.05) is 25.5 Å². The summed E-state index contributed by atoms with van der Waals surface area (Å²) in [6, 6.07) is 24.0. The number of anilines is 1. The molecular formula is C26H28N2O4S2. The Labute approximate surface area is 205 Å². The van der Waals surface area contributed by atoms with Crippen molar-refractivity contribution in [3.63, 3.8) is 0 Å². The molecule has 8 heteroatoms. The van der Waals surface area contributed by atoms with Crippen LogP contribution >= 0.6 is 11.8 Å². The van der Waals surface area contributed by atoms with Crippen LogP contribution in [0.3, 0.4) is 0 Å². The Morgan fingerprint density at radius 1 is 0.941 bits per heavy atom. The van der Waals surface area contributed by atoms with Crippen molar-refractivity contribution in [1.82, 2.24) is 4.31 Å². The number of thioether (sulfide) groups is 1. The SMILES string of the molecule is COc1ccc(NC(=O)C(Sc2ccccc2)c2ccccc2)cc1S(=O)(=O)N1CCCCC1. The Hall–Kier alpha value is -2.81. The van der Waals surface area contributed by atoms with E-state index in [-0.39, 0.29) is 16.6 Å². The zero-order valence-corrected chi connectivity index (χ0v) is 20.6. The highest BCUT2D eigenvalue weighted by atomic mass is 32.2. The first-order valence-corrected chi connectivity index (χ1v) is 13.6. The number of amides is 1. The second kappa shape index (κ2) is 11.1. The van der Waals surface area contributed by atoms with E-state index >= 15 is 0 Å². The highest BCUT2D eigenvalue weighted by molar-refractivity contribution is 8.00. The molecular weight excluding hydrogens is 468 g/mol. The number of carbonyl (C=O) groups excluding carboxylic acids is 1. The van der Waals surface area contributed by atoms with Gasteiger partial charge in [0.25, 0.3) is 0 Å². The van der Waals surface area contributed by atoms with E-state index in [1.807, 2.05) is 60.7 Å². The van der Waals surface area contributed by atoms with Crippen molar-refractivity contribution in [3.05, 3.63) is 84.4 Å². The Kier molecular flexibility index (Phi) is 7.92. The van der Waals surface area contributed by atoms with Crippen LogP contribution in [0.15, 0.2) is 88.7 Å². The maximum absolute atomic E-state index is 13.4. The van der Waals surface area contributed by atoms with Crippen molar-refractivity contribution < 1.29 is 17.9 Å². The number of piperidine rings is 1. The Morgan fingerprint density at radius 3 is 2.24 bits per heavy atom. The summed E-state index contributed by atoms with van der Waals surface area (Å²) in [5, 5.41) is 2.42. The average molecular weight is 497 g/mol. The van der Waals surface area contributed by atoms with Crippen molar-refractivity contribution in [1.29, 1.82) is 0 Å². The summed E-state index contributed by atoms with van der Waals surface area (Å²) in [4.78, 5) is 14.4. The van der Waals surface area contributed by atoms with Gasteiger partial charge in [-0.15, -0.1) is 11.8 Å². The second-order valence-electron chi connectivity index (χ2n) is 8.04. The van der Waals surface area contributed by atoms with Crippen molar-refractivity contribution >= 4 is 33.4 Å². The number of carbonyl (C=O) groups is 1.